The molecule has 82 heavy (non-hydrogen) atoms. The number of likely N-dealkylation sites (N-methyl/N-ethyl adjacent to an activating group) is 1. The van der Waals surface area contributed by atoms with Gasteiger partial charge in [0.05, 0.1) is 18.1 Å². The number of amides is 7. The number of hydrogen-bond donors (Lipinski definition) is 6. The number of nitrogens with one attached hydrogen (secondary N) is 6. The first kappa shape index (κ1) is 58.3. The average Bonchev–Trinajstić information content (AvgIpc) is 4.45. The van der Waals surface area contributed by atoms with Crippen LogP contribution in [0.15, 0.2) is 84.9 Å². The van der Waals surface area contributed by atoms with E-state index in [9.17, 15) is 38.4 Å². The molecule has 436 valence electrons. The number of carbonyl (C=O) groups excluding carboxylic acids is 8. The monoisotopic (exact) mass is 1120 g/mol. The lowest BCUT2D eigenvalue weighted by Gasteiger charge is -2.35. The summed E-state index contributed by atoms with van der Waals surface area (Å²) in [5, 5.41) is 20.4. The van der Waals surface area contributed by atoms with E-state index in [0.29, 0.717) is 28.3 Å². The minimum Gasteiger partial charge on any atom is -0.347 e. The van der Waals surface area contributed by atoms with E-state index in [-0.39, 0.29) is 109 Å². The average molecular weight is 1120 g/mol. The number of rotatable bonds is 19. The summed E-state index contributed by atoms with van der Waals surface area (Å²) in [6.45, 7) is 5.83. The van der Waals surface area contributed by atoms with Gasteiger partial charge in [-0.15, -0.1) is 0 Å². The standard InChI is InChI=1S/C66H84N8O8/c1-5-39(2)60(76)72-59(44-20-10-7-11-21-44)66(82)74-38-50(35-57(74)64(80)71-55-31-29-43-19-13-15-23-52(43)55)69-62(78)48-27-25-45-32-47(26-24-46(45)33-48)61(77)68-49-34-56(63(79)70-54-30-28-42-18-12-14-22-51(42)54)73(37-49)65(81)53(36-58(75)40(3)67-4)41-16-8-6-9-17-41/h12-15,18-19,22-27,32-33,39-41,44,49-50,53-57,59,67H,5-11,16-17,20-21,28-31,34-38H2,1-4H3,(H,68,77)(H,69,78)(H,70,79)(H,71,80)(H,72,76)/t39-,40+,49+,50+,53+,54-,55-,56+,57+,59+/m1/s1. The maximum absolute atomic E-state index is 15.0. The summed E-state index contributed by atoms with van der Waals surface area (Å²) in [6.07, 6.45) is 13.6. The molecule has 0 bridgehead atoms. The molecule has 2 saturated heterocycles. The summed E-state index contributed by atoms with van der Waals surface area (Å²) in [5.41, 5.74) is 5.27. The van der Waals surface area contributed by atoms with Crippen LogP contribution in [0.25, 0.3) is 10.8 Å². The number of nitrogens with zero attached hydrogens (tertiary/aromatic N) is 2. The molecule has 2 aliphatic heterocycles. The molecular formula is C66H84N8O8. The Kier molecular flexibility index (Phi) is 18.5. The summed E-state index contributed by atoms with van der Waals surface area (Å²) in [5.74, 6) is -2.91. The number of Topliss-reactive ketones (excluding diaryl/α,β-unsaturated/α-hetero) is 1. The summed E-state index contributed by atoms with van der Waals surface area (Å²) in [7, 11) is 1.74. The number of hydrogen-bond acceptors (Lipinski definition) is 9. The van der Waals surface area contributed by atoms with E-state index < -0.39 is 42.2 Å². The molecule has 0 spiro atoms. The zero-order valence-electron chi connectivity index (χ0n) is 48.3. The number of carbonyl (C=O) groups is 8. The largest absolute Gasteiger partial charge is 0.347 e. The van der Waals surface area contributed by atoms with Gasteiger partial charge in [0.2, 0.25) is 29.5 Å². The SMILES string of the molecule is CC[C@@H](C)C(=O)N[C@H](C(=O)N1C[C@@H](NC(=O)c2ccc3cc(C(=O)N[C@H]4C[C@@H](C(=O)N[C@@H]5CCc6ccccc65)N(C(=O)[C@@H](CC(=O)[C@H](C)NC)C5CCCCC5)C4)ccc3c2)C[C@H]1C(=O)N[C@@H]1CCc2ccccc21)C1CCCCC1. The van der Waals surface area contributed by atoms with Gasteiger partial charge in [0.15, 0.2) is 0 Å². The number of aryl methyl sites for hydroxylation is 2. The van der Waals surface area contributed by atoms with Crippen LogP contribution in [0.2, 0.25) is 0 Å². The van der Waals surface area contributed by atoms with Gasteiger partial charge in [0.1, 0.15) is 23.9 Å². The zero-order chi connectivity index (χ0) is 57.6. The highest BCUT2D eigenvalue weighted by molar-refractivity contribution is 6.03. The highest BCUT2D eigenvalue weighted by Gasteiger charge is 2.47. The summed E-state index contributed by atoms with van der Waals surface area (Å²) < 4.78 is 0. The Bertz CT molecular complexity index is 2840. The van der Waals surface area contributed by atoms with E-state index in [4.69, 9.17) is 0 Å². The molecule has 7 amide bonds. The fourth-order valence-corrected chi connectivity index (χ4v) is 14.1. The lowest BCUT2D eigenvalue weighted by atomic mass is 9.76. The van der Waals surface area contributed by atoms with Crippen LogP contribution < -0.4 is 31.9 Å². The third kappa shape index (κ3) is 13.0. The predicted octanol–water partition coefficient (Wildman–Crippen LogP) is 7.72. The van der Waals surface area contributed by atoms with Crippen LogP contribution in [0.1, 0.15) is 179 Å². The number of likely N-dealkylation sites (tertiary alicyclic amines) is 2. The van der Waals surface area contributed by atoms with E-state index in [0.717, 1.165) is 101 Å². The summed E-state index contributed by atoms with van der Waals surface area (Å²) in [4.78, 5) is 117. The Balaban J connectivity index is 0.836. The molecule has 2 saturated carbocycles. The van der Waals surface area contributed by atoms with E-state index in [2.05, 4.69) is 44.0 Å². The Hall–Kier alpha value is -6.94. The molecule has 4 aliphatic carbocycles. The van der Waals surface area contributed by atoms with Crippen LogP contribution >= 0.6 is 0 Å². The minimum absolute atomic E-state index is 0.0206. The molecule has 16 heteroatoms. The van der Waals surface area contributed by atoms with Crippen molar-refractivity contribution < 1.29 is 38.4 Å². The molecule has 10 rings (SSSR count). The van der Waals surface area contributed by atoms with Gasteiger partial charge in [-0.3, -0.25) is 38.4 Å². The zero-order valence-corrected chi connectivity index (χ0v) is 48.3. The molecule has 0 aromatic heterocycles. The number of fused-ring (bicyclic) bond motifs is 3. The van der Waals surface area contributed by atoms with Crippen LogP contribution in [0, 0.1) is 23.7 Å². The molecule has 4 aromatic carbocycles. The first-order valence-electron chi connectivity index (χ1n) is 30.7. The van der Waals surface area contributed by atoms with Gasteiger partial charge < -0.3 is 41.7 Å². The minimum atomic E-state index is -0.870. The summed E-state index contributed by atoms with van der Waals surface area (Å²) >= 11 is 0. The van der Waals surface area contributed by atoms with E-state index in [1.54, 1.807) is 60.2 Å². The van der Waals surface area contributed by atoms with Crippen LogP contribution in [0.3, 0.4) is 0 Å². The summed E-state index contributed by atoms with van der Waals surface area (Å²) in [6, 6.07) is 22.2. The van der Waals surface area contributed by atoms with Crippen LogP contribution in [-0.2, 0) is 41.6 Å². The second-order valence-electron chi connectivity index (χ2n) is 24.6. The fraction of sp³-hybridized carbons (Fsp3) is 0.545. The maximum atomic E-state index is 15.0. The van der Waals surface area contributed by atoms with Crippen molar-refractivity contribution in [3.05, 3.63) is 118 Å². The first-order chi connectivity index (χ1) is 39.7. The van der Waals surface area contributed by atoms with E-state index in [1.807, 2.05) is 50.2 Å². The number of ketones is 1. The van der Waals surface area contributed by atoms with Crippen LogP contribution in [-0.4, -0.2) is 113 Å². The van der Waals surface area contributed by atoms with Gasteiger partial charge in [-0.05, 0) is 154 Å². The van der Waals surface area contributed by atoms with Gasteiger partial charge in [-0.25, -0.2) is 0 Å². The highest BCUT2D eigenvalue weighted by Crippen LogP contribution is 2.38. The molecule has 16 nitrogen and oxygen atoms in total. The van der Waals surface area contributed by atoms with Crippen molar-refractivity contribution in [1.82, 2.24) is 41.7 Å². The van der Waals surface area contributed by atoms with Gasteiger partial charge in [0, 0.05) is 54.6 Å². The Labute approximate surface area is 482 Å². The predicted molar refractivity (Wildman–Crippen MR) is 314 cm³/mol. The Morgan fingerprint density at radius 2 is 1.04 bits per heavy atom. The fourth-order valence-electron chi connectivity index (χ4n) is 14.1. The third-order valence-corrected chi connectivity index (χ3v) is 19.3. The maximum Gasteiger partial charge on any atom is 0.251 e. The van der Waals surface area contributed by atoms with Crippen molar-refractivity contribution in [2.24, 2.45) is 23.7 Å². The van der Waals surface area contributed by atoms with Gasteiger partial charge in [-0.1, -0.05) is 113 Å². The lowest BCUT2D eigenvalue weighted by Crippen LogP contribution is -2.57. The molecule has 4 aromatic rings. The molecule has 2 heterocycles. The molecule has 10 atom stereocenters. The van der Waals surface area contributed by atoms with Crippen molar-refractivity contribution in [2.45, 2.75) is 185 Å². The van der Waals surface area contributed by atoms with Crippen LogP contribution in [0.4, 0.5) is 0 Å². The normalized spacial score (nSPS) is 24.1. The second-order valence-corrected chi connectivity index (χ2v) is 24.6. The molecular weight excluding hydrogens is 1030 g/mol. The molecule has 6 aliphatic rings. The van der Waals surface area contributed by atoms with Gasteiger partial charge in [0.25, 0.3) is 11.8 Å². The van der Waals surface area contributed by atoms with Gasteiger partial charge in [-0.2, -0.15) is 0 Å². The van der Waals surface area contributed by atoms with E-state index in [1.165, 1.54) is 11.1 Å². The Morgan fingerprint density at radius 3 is 1.52 bits per heavy atom. The van der Waals surface area contributed by atoms with Crippen molar-refractivity contribution >= 4 is 57.9 Å². The lowest BCUT2D eigenvalue weighted by molar-refractivity contribution is -0.145. The molecule has 0 unspecified atom stereocenters. The second kappa shape index (κ2) is 26.1. The first-order valence-corrected chi connectivity index (χ1v) is 30.7. The number of benzene rings is 4. The van der Waals surface area contributed by atoms with Crippen molar-refractivity contribution in [2.75, 3.05) is 20.1 Å². The quantitative estimate of drug-likeness (QED) is 0.0541. The van der Waals surface area contributed by atoms with Crippen molar-refractivity contribution in [1.29, 1.82) is 0 Å². The molecule has 4 fully saturated rings. The topological polar surface area (TPSA) is 215 Å². The highest BCUT2D eigenvalue weighted by atomic mass is 16.2. The van der Waals surface area contributed by atoms with Crippen molar-refractivity contribution in [3.8, 4) is 0 Å². The Morgan fingerprint density at radius 1 is 0.561 bits per heavy atom. The smallest absolute Gasteiger partial charge is 0.251 e. The van der Waals surface area contributed by atoms with Crippen molar-refractivity contribution in [3.63, 3.8) is 0 Å². The molecule has 6 N–H and O–H groups in total. The molecule has 0 radical (unpaired) electrons. The third-order valence-electron chi connectivity index (χ3n) is 19.3. The van der Waals surface area contributed by atoms with Crippen LogP contribution in [0.5, 0.6) is 0 Å². The van der Waals surface area contributed by atoms with Gasteiger partial charge >= 0.3 is 0 Å². The van der Waals surface area contributed by atoms with E-state index >= 15 is 0 Å².